The zero-order valence-electron chi connectivity index (χ0n) is 42.4. The average molecular weight is 789 g/mol. The van der Waals surface area contributed by atoms with Crippen molar-refractivity contribution in [3.8, 4) is 0 Å². The third kappa shape index (κ3) is 39.4. The minimum absolute atomic E-state index is 0.0252. The standard InChI is InChI=1S/C44H78NO8P/c1-6-8-10-12-14-16-18-20-21-22-23-25-27-29-31-33-35-37-44(47)53-42(41-52-54(48,49)51-39-38-45(3,4)5)40-50-43(46)36-34-32-30-28-26-24-19-17-15-13-11-9-7-2/h8,10,14,16,20-21,23,25,29,31,42H,6-7,9,11-13,15,17-19,22,24,26-28,30,32-41H2,1-5H3/b10-8-,16-14-,21-20-,25-23-,31-29-/t42-/m1/s1/i3D3,4D3,5D3. The molecule has 0 aromatic carbocycles. The van der Waals surface area contributed by atoms with Crippen LogP contribution in [0.25, 0.3) is 0 Å². The van der Waals surface area contributed by atoms with E-state index in [0.29, 0.717) is 19.3 Å². The second kappa shape index (κ2) is 36.4. The first-order chi connectivity index (χ1) is 29.7. The van der Waals surface area contributed by atoms with Crippen molar-refractivity contribution in [2.45, 2.75) is 161 Å². The molecule has 54 heavy (non-hydrogen) atoms. The van der Waals surface area contributed by atoms with Crippen molar-refractivity contribution in [2.24, 2.45) is 0 Å². The zero-order chi connectivity index (χ0) is 47.5. The van der Waals surface area contributed by atoms with Crippen molar-refractivity contribution in [3.05, 3.63) is 60.8 Å². The number of rotatable bonds is 37. The molecule has 0 fully saturated rings. The van der Waals surface area contributed by atoms with Crippen LogP contribution in [0.1, 0.15) is 167 Å². The molecule has 0 heterocycles. The van der Waals surface area contributed by atoms with Gasteiger partial charge in [-0.2, -0.15) is 0 Å². The summed E-state index contributed by atoms with van der Waals surface area (Å²) >= 11 is 0. The van der Waals surface area contributed by atoms with E-state index in [1.54, 1.807) is 0 Å². The van der Waals surface area contributed by atoms with Gasteiger partial charge >= 0.3 is 11.9 Å². The lowest BCUT2D eigenvalue weighted by atomic mass is 10.0. The number of phosphoric acid groups is 1. The van der Waals surface area contributed by atoms with Gasteiger partial charge in [-0.05, 0) is 51.4 Å². The van der Waals surface area contributed by atoms with Crippen LogP contribution in [0.4, 0.5) is 0 Å². The first kappa shape index (κ1) is 37.3. The third-order valence-corrected chi connectivity index (χ3v) is 9.18. The van der Waals surface area contributed by atoms with Crippen molar-refractivity contribution in [3.63, 3.8) is 0 Å². The molecule has 0 spiro atoms. The third-order valence-electron chi connectivity index (χ3n) is 8.22. The van der Waals surface area contributed by atoms with Crippen LogP contribution in [0.15, 0.2) is 60.8 Å². The van der Waals surface area contributed by atoms with Gasteiger partial charge in [0.25, 0.3) is 7.82 Å². The summed E-state index contributed by atoms with van der Waals surface area (Å²) in [5, 5.41) is 0. The molecule has 0 amide bonds. The molecular formula is C44H78NO8P. The Morgan fingerprint density at radius 3 is 1.63 bits per heavy atom. The quantitative estimate of drug-likeness (QED) is 0.0201. The zero-order valence-corrected chi connectivity index (χ0v) is 34.3. The molecule has 9 nitrogen and oxygen atoms in total. The molecule has 0 saturated heterocycles. The number of likely N-dealkylation sites (N-methyl/N-ethyl adjacent to an activating group) is 1. The van der Waals surface area contributed by atoms with Crippen molar-refractivity contribution in [2.75, 3.05) is 47.3 Å². The van der Waals surface area contributed by atoms with Crippen LogP contribution in [0.5, 0.6) is 0 Å². The number of carbonyl (C=O) groups is 2. The van der Waals surface area contributed by atoms with Gasteiger partial charge in [-0.3, -0.25) is 14.2 Å². The monoisotopic (exact) mass is 789 g/mol. The minimum Gasteiger partial charge on any atom is -0.756 e. The van der Waals surface area contributed by atoms with Crippen LogP contribution in [0, 0.1) is 0 Å². The molecule has 0 rings (SSSR count). The number of quaternary nitrogens is 1. The fraction of sp³-hybridized carbons (Fsp3) is 0.727. The van der Waals surface area contributed by atoms with Gasteiger partial charge in [-0.25, -0.2) is 0 Å². The number of nitrogens with zero attached hydrogens (tertiary/aromatic N) is 1. The summed E-state index contributed by atoms with van der Waals surface area (Å²) in [4.78, 5) is 38.0. The maximum Gasteiger partial charge on any atom is 0.306 e. The Morgan fingerprint density at radius 1 is 0.630 bits per heavy atom. The van der Waals surface area contributed by atoms with Crippen LogP contribution in [-0.2, 0) is 32.7 Å². The molecule has 0 aliphatic carbocycles. The van der Waals surface area contributed by atoms with E-state index in [2.05, 4.69) is 56.4 Å². The summed E-state index contributed by atoms with van der Waals surface area (Å²) < 4.78 is 99.7. The summed E-state index contributed by atoms with van der Waals surface area (Å²) in [6, 6.07) is 0. The Kier molecular flexibility index (Phi) is 25.1. The lowest BCUT2D eigenvalue weighted by Gasteiger charge is -2.28. The first-order valence-electron chi connectivity index (χ1n) is 24.8. The summed E-state index contributed by atoms with van der Waals surface area (Å²) in [6.45, 7) is -10.3. The molecule has 0 aliphatic rings. The van der Waals surface area contributed by atoms with Crippen LogP contribution in [0.2, 0.25) is 0 Å². The van der Waals surface area contributed by atoms with Crippen LogP contribution >= 0.6 is 7.82 Å². The second-order valence-electron chi connectivity index (χ2n) is 13.5. The Bertz CT molecular complexity index is 1380. The van der Waals surface area contributed by atoms with E-state index in [1.807, 2.05) is 18.2 Å². The topological polar surface area (TPSA) is 111 Å². The van der Waals surface area contributed by atoms with Gasteiger partial charge in [0.15, 0.2) is 6.10 Å². The highest BCUT2D eigenvalue weighted by atomic mass is 31.2. The fourth-order valence-electron chi connectivity index (χ4n) is 5.14. The number of allylic oxidation sites excluding steroid dienone is 10. The minimum atomic E-state index is -5.35. The molecule has 10 heteroatoms. The van der Waals surface area contributed by atoms with Gasteiger partial charge in [0, 0.05) is 12.8 Å². The van der Waals surface area contributed by atoms with Crippen molar-refractivity contribution in [1.82, 2.24) is 0 Å². The van der Waals surface area contributed by atoms with Gasteiger partial charge in [-0.15, -0.1) is 0 Å². The molecule has 2 atom stereocenters. The van der Waals surface area contributed by atoms with Crippen molar-refractivity contribution >= 4 is 19.8 Å². The van der Waals surface area contributed by atoms with Crippen LogP contribution < -0.4 is 4.89 Å². The highest BCUT2D eigenvalue weighted by Gasteiger charge is 2.21. The van der Waals surface area contributed by atoms with Crippen molar-refractivity contribution < 1.29 is 54.4 Å². The van der Waals surface area contributed by atoms with Gasteiger partial charge < -0.3 is 27.9 Å². The predicted molar refractivity (Wildman–Crippen MR) is 222 cm³/mol. The van der Waals surface area contributed by atoms with E-state index in [4.69, 9.17) is 30.9 Å². The first-order valence-corrected chi connectivity index (χ1v) is 21.8. The molecule has 0 saturated carbocycles. The Morgan fingerprint density at radius 2 is 1.11 bits per heavy atom. The lowest BCUT2D eigenvalue weighted by Crippen LogP contribution is -2.37. The van der Waals surface area contributed by atoms with E-state index >= 15 is 0 Å². The number of esters is 2. The van der Waals surface area contributed by atoms with Crippen LogP contribution in [-0.4, -0.2) is 69.8 Å². The molecule has 1 unspecified atom stereocenters. The molecule has 0 radical (unpaired) electrons. The van der Waals surface area contributed by atoms with E-state index in [9.17, 15) is 19.0 Å². The van der Waals surface area contributed by atoms with Crippen molar-refractivity contribution in [1.29, 1.82) is 0 Å². The second-order valence-corrected chi connectivity index (χ2v) is 14.9. The molecule has 0 N–H and O–H groups in total. The summed E-state index contributed by atoms with van der Waals surface area (Å²) in [7, 11) is -5.35. The highest BCUT2D eigenvalue weighted by Crippen LogP contribution is 2.38. The molecule has 0 aromatic heterocycles. The van der Waals surface area contributed by atoms with E-state index in [0.717, 1.165) is 57.8 Å². The maximum atomic E-state index is 12.7. The summed E-state index contributed by atoms with van der Waals surface area (Å²) in [6.07, 6.45) is 39.9. The predicted octanol–water partition coefficient (Wildman–Crippen LogP) is 11.1. The Hall–Kier alpha value is -2.29. The van der Waals surface area contributed by atoms with Crippen LogP contribution in [0.3, 0.4) is 0 Å². The fourth-order valence-corrected chi connectivity index (χ4v) is 5.87. The van der Waals surface area contributed by atoms with Gasteiger partial charge in [0.05, 0.1) is 39.9 Å². The SMILES string of the molecule is [2H]C([2H])([2H])[N+](CCOP(=O)([O-])OC[C@@H](COC(=O)CCCCCCCCCCCCCCC)OC(=O)CCC/C=C\C/C=C\C/C=C\C/C=C\C/C=C\CC)(C([2H])([2H])[2H])C([2H])([2H])[2H]. The number of phosphoric ester groups is 1. The Balaban J connectivity index is 5.09. The molecule has 0 bridgehead atoms. The largest absolute Gasteiger partial charge is 0.756 e. The number of carbonyl (C=O) groups excluding carboxylic acids is 2. The molecular weight excluding hydrogens is 701 g/mol. The molecule has 312 valence electrons. The normalized spacial score (nSPS) is 17.4. The maximum absolute atomic E-state index is 12.7. The van der Waals surface area contributed by atoms with Gasteiger partial charge in [0.2, 0.25) is 0 Å². The smallest absolute Gasteiger partial charge is 0.306 e. The number of unbranched alkanes of at least 4 members (excludes halogenated alkanes) is 13. The van der Waals surface area contributed by atoms with Gasteiger partial charge in [-0.1, -0.05) is 152 Å². The number of hydrogen-bond acceptors (Lipinski definition) is 8. The average Bonchev–Trinajstić information content (AvgIpc) is 3.19. The molecule has 0 aromatic rings. The molecule has 0 aliphatic heterocycles. The number of hydrogen-bond donors (Lipinski definition) is 0. The number of ether oxygens (including phenoxy) is 2. The highest BCUT2D eigenvalue weighted by molar-refractivity contribution is 7.45. The lowest BCUT2D eigenvalue weighted by molar-refractivity contribution is -0.870. The van der Waals surface area contributed by atoms with Gasteiger partial charge in [0.1, 0.15) is 19.8 Å². The summed E-state index contributed by atoms with van der Waals surface area (Å²) in [5.41, 5.74) is 0. The van der Waals surface area contributed by atoms with E-state index in [1.165, 1.54) is 51.4 Å². The van der Waals surface area contributed by atoms with E-state index < -0.39 is 77.6 Å². The van der Waals surface area contributed by atoms with E-state index in [-0.39, 0.29) is 12.8 Å². The Labute approximate surface area is 343 Å². The summed E-state index contributed by atoms with van der Waals surface area (Å²) in [5.74, 6) is -1.26.